The maximum atomic E-state index is 11.0. The third-order valence-corrected chi connectivity index (χ3v) is 2.94. The number of hydrogen-bond donors (Lipinski definition) is 1. The third kappa shape index (κ3) is 4.49. The molecule has 0 amide bonds. The number of carbonyl (C=O) groups is 1. The molecule has 0 unspecified atom stereocenters. The van der Waals surface area contributed by atoms with E-state index in [4.69, 9.17) is 21.1 Å². The smallest absolute Gasteiger partial charge is 0.308 e. The van der Waals surface area contributed by atoms with Crippen LogP contribution in [0.25, 0.3) is 0 Å². The molecular weight excluding hydrogens is 304 g/mol. The van der Waals surface area contributed by atoms with E-state index >= 15 is 0 Å². The van der Waals surface area contributed by atoms with Gasteiger partial charge in [-0.05, 0) is 48.0 Å². The van der Waals surface area contributed by atoms with Gasteiger partial charge in [-0.2, -0.15) is 5.10 Å². The Morgan fingerprint density at radius 1 is 1.18 bits per heavy atom. The molecule has 114 valence electrons. The predicted molar refractivity (Wildman–Crippen MR) is 87.0 cm³/mol. The van der Waals surface area contributed by atoms with Crippen molar-refractivity contribution in [2.45, 2.75) is 6.92 Å². The van der Waals surface area contributed by atoms with Gasteiger partial charge < -0.3 is 9.47 Å². The maximum Gasteiger partial charge on any atom is 0.308 e. The molecule has 0 fully saturated rings. The lowest BCUT2D eigenvalue weighted by Crippen LogP contribution is -2.03. The molecule has 0 aliphatic carbocycles. The first-order valence-electron chi connectivity index (χ1n) is 6.49. The first-order valence-corrected chi connectivity index (χ1v) is 6.87. The fraction of sp³-hybridized carbons (Fsp3) is 0.125. The topological polar surface area (TPSA) is 59.9 Å². The Hall–Kier alpha value is -2.53. The summed E-state index contributed by atoms with van der Waals surface area (Å²) in [5, 5.41) is 4.79. The number of nitrogens with zero attached hydrogens (tertiary/aromatic N) is 1. The lowest BCUT2D eigenvalue weighted by molar-refractivity contribution is -0.132. The molecule has 22 heavy (non-hydrogen) atoms. The molecule has 6 heteroatoms. The highest BCUT2D eigenvalue weighted by Gasteiger charge is 2.07. The first kappa shape index (κ1) is 15.9. The SMILES string of the molecule is COc1cc(/C=N\Nc2ccc(Cl)cc2)ccc1OC(C)=O. The maximum absolute atomic E-state index is 11.0. The van der Waals surface area contributed by atoms with E-state index in [0.29, 0.717) is 16.5 Å². The summed E-state index contributed by atoms with van der Waals surface area (Å²) < 4.78 is 10.2. The van der Waals surface area contributed by atoms with E-state index in [1.54, 1.807) is 36.5 Å². The molecule has 1 N–H and O–H groups in total. The van der Waals surface area contributed by atoms with Gasteiger partial charge in [0.25, 0.3) is 0 Å². The summed E-state index contributed by atoms with van der Waals surface area (Å²) in [7, 11) is 1.51. The van der Waals surface area contributed by atoms with Crippen LogP contribution in [0.2, 0.25) is 5.02 Å². The van der Waals surface area contributed by atoms with E-state index in [-0.39, 0.29) is 0 Å². The number of methoxy groups -OCH3 is 1. The van der Waals surface area contributed by atoms with E-state index < -0.39 is 5.97 Å². The van der Waals surface area contributed by atoms with Gasteiger partial charge in [0.1, 0.15) is 0 Å². The van der Waals surface area contributed by atoms with Crippen molar-refractivity contribution in [3.63, 3.8) is 0 Å². The number of nitrogens with one attached hydrogen (secondary N) is 1. The molecule has 2 rings (SSSR count). The van der Waals surface area contributed by atoms with Gasteiger partial charge >= 0.3 is 5.97 Å². The van der Waals surface area contributed by atoms with Crippen LogP contribution in [0, 0.1) is 0 Å². The van der Waals surface area contributed by atoms with Gasteiger partial charge in [-0.3, -0.25) is 10.2 Å². The molecule has 0 aliphatic rings. The Morgan fingerprint density at radius 3 is 2.55 bits per heavy atom. The van der Waals surface area contributed by atoms with Crippen LogP contribution in [-0.2, 0) is 4.79 Å². The first-order chi connectivity index (χ1) is 10.6. The molecule has 0 radical (unpaired) electrons. The van der Waals surface area contributed by atoms with Gasteiger partial charge in [-0.15, -0.1) is 0 Å². The fourth-order valence-electron chi connectivity index (χ4n) is 1.71. The molecule has 5 nitrogen and oxygen atoms in total. The summed E-state index contributed by atoms with van der Waals surface area (Å²) in [6.07, 6.45) is 1.63. The van der Waals surface area contributed by atoms with Crippen molar-refractivity contribution >= 4 is 29.5 Å². The molecule has 2 aromatic carbocycles. The molecule has 0 saturated carbocycles. The Morgan fingerprint density at radius 2 is 1.91 bits per heavy atom. The Labute approximate surface area is 133 Å². The van der Waals surface area contributed by atoms with Gasteiger partial charge in [-0.25, -0.2) is 0 Å². The van der Waals surface area contributed by atoms with Crippen LogP contribution in [0.1, 0.15) is 12.5 Å². The number of halogens is 1. The van der Waals surface area contributed by atoms with Crippen LogP contribution < -0.4 is 14.9 Å². The summed E-state index contributed by atoms with van der Waals surface area (Å²) in [5.74, 6) is 0.438. The number of rotatable bonds is 5. The number of ether oxygens (including phenoxy) is 2. The molecular formula is C16H15ClN2O3. The number of carbonyl (C=O) groups excluding carboxylic acids is 1. The quantitative estimate of drug-likeness (QED) is 0.395. The van der Waals surface area contributed by atoms with Crippen LogP contribution >= 0.6 is 11.6 Å². The molecule has 0 aliphatic heterocycles. The van der Waals surface area contributed by atoms with E-state index in [1.165, 1.54) is 14.0 Å². The van der Waals surface area contributed by atoms with E-state index in [1.807, 2.05) is 12.1 Å². The van der Waals surface area contributed by atoms with Crippen molar-refractivity contribution in [3.8, 4) is 11.5 Å². The summed E-state index contributed by atoms with van der Waals surface area (Å²) in [6.45, 7) is 1.34. The second-order valence-corrected chi connectivity index (χ2v) is 4.82. The van der Waals surface area contributed by atoms with Crippen molar-refractivity contribution in [2.24, 2.45) is 5.10 Å². The summed E-state index contributed by atoms with van der Waals surface area (Å²) in [6, 6.07) is 12.4. The summed E-state index contributed by atoms with van der Waals surface area (Å²) in [4.78, 5) is 11.0. The Bertz CT molecular complexity index is 684. The normalized spacial score (nSPS) is 10.5. The van der Waals surface area contributed by atoms with Gasteiger partial charge in [0.15, 0.2) is 11.5 Å². The minimum atomic E-state index is -0.399. The number of hydrogen-bond acceptors (Lipinski definition) is 5. The van der Waals surface area contributed by atoms with E-state index in [2.05, 4.69) is 10.5 Å². The number of anilines is 1. The van der Waals surface area contributed by atoms with Gasteiger partial charge in [0.05, 0.1) is 19.0 Å². The lowest BCUT2D eigenvalue weighted by atomic mass is 10.2. The second kappa shape index (κ2) is 7.47. The van der Waals surface area contributed by atoms with Gasteiger partial charge in [0.2, 0.25) is 0 Å². The highest BCUT2D eigenvalue weighted by atomic mass is 35.5. The van der Waals surface area contributed by atoms with Crippen LogP contribution in [0.15, 0.2) is 47.6 Å². The van der Waals surface area contributed by atoms with Crippen LogP contribution in [0.5, 0.6) is 11.5 Å². The molecule has 0 atom stereocenters. The zero-order valence-electron chi connectivity index (χ0n) is 12.2. The molecule has 0 aromatic heterocycles. The van der Waals surface area contributed by atoms with Crippen molar-refractivity contribution < 1.29 is 14.3 Å². The monoisotopic (exact) mass is 318 g/mol. The molecule has 0 bridgehead atoms. The van der Waals surface area contributed by atoms with Gasteiger partial charge in [-0.1, -0.05) is 11.6 Å². The highest BCUT2D eigenvalue weighted by Crippen LogP contribution is 2.27. The van der Waals surface area contributed by atoms with Gasteiger partial charge in [0, 0.05) is 11.9 Å². The average Bonchev–Trinajstić information content (AvgIpc) is 2.50. The predicted octanol–water partition coefficient (Wildman–Crippen LogP) is 3.72. The number of hydrazone groups is 1. The Kier molecular flexibility index (Phi) is 5.38. The van der Waals surface area contributed by atoms with Crippen molar-refractivity contribution in [2.75, 3.05) is 12.5 Å². The minimum Gasteiger partial charge on any atom is -0.493 e. The number of benzene rings is 2. The van der Waals surface area contributed by atoms with E-state index in [9.17, 15) is 4.79 Å². The van der Waals surface area contributed by atoms with E-state index in [0.717, 1.165) is 11.3 Å². The van der Waals surface area contributed by atoms with Crippen LogP contribution in [0.3, 0.4) is 0 Å². The molecule has 0 heterocycles. The number of esters is 1. The third-order valence-electron chi connectivity index (χ3n) is 2.69. The largest absolute Gasteiger partial charge is 0.493 e. The van der Waals surface area contributed by atoms with Crippen LogP contribution in [0.4, 0.5) is 5.69 Å². The lowest BCUT2D eigenvalue weighted by Gasteiger charge is -2.08. The fourth-order valence-corrected chi connectivity index (χ4v) is 1.84. The zero-order chi connectivity index (χ0) is 15.9. The van der Waals surface area contributed by atoms with Crippen molar-refractivity contribution in [1.82, 2.24) is 0 Å². The zero-order valence-corrected chi connectivity index (χ0v) is 12.9. The van der Waals surface area contributed by atoms with Crippen molar-refractivity contribution in [1.29, 1.82) is 0 Å². The highest BCUT2D eigenvalue weighted by molar-refractivity contribution is 6.30. The standard InChI is InChI=1S/C16H15ClN2O3/c1-11(20)22-15-8-3-12(9-16(15)21-2)10-18-19-14-6-4-13(17)5-7-14/h3-10,19H,1-2H3/b18-10-. The molecule has 2 aromatic rings. The van der Waals surface area contributed by atoms with Crippen molar-refractivity contribution in [3.05, 3.63) is 53.1 Å². The van der Waals surface area contributed by atoms with Crippen LogP contribution in [-0.4, -0.2) is 19.3 Å². The summed E-state index contributed by atoms with van der Waals surface area (Å²) >= 11 is 5.81. The average molecular weight is 319 g/mol. The molecule has 0 saturated heterocycles. The minimum absolute atomic E-state index is 0.373. The molecule has 0 spiro atoms. The summed E-state index contributed by atoms with van der Waals surface area (Å²) in [5.41, 5.74) is 4.51. The Balaban J connectivity index is 2.07. The second-order valence-electron chi connectivity index (χ2n) is 4.38.